The number of aromatic nitrogens is 1. The van der Waals surface area contributed by atoms with E-state index in [4.69, 9.17) is 26.3 Å². The van der Waals surface area contributed by atoms with Gasteiger partial charge in [-0.25, -0.2) is 13.4 Å². The molecule has 2 amide bonds. The molecule has 2 aliphatic heterocycles. The molecule has 3 aromatic carbocycles. The van der Waals surface area contributed by atoms with E-state index in [0.29, 0.717) is 53.9 Å². The molecule has 2 aliphatic rings. The largest absolute Gasteiger partial charge is 0.495 e. The molecule has 4 aromatic rings. The van der Waals surface area contributed by atoms with E-state index in [1.165, 1.54) is 23.5 Å². The van der Waals surface area contributed by atoms with Crippen molar-refractivity contribution in [2.45, 2.75) is 44.2 Å². The molecule has 2 fully saturated rings. The predicted octanol–water partition coefficient (Wildman–Crippen LogP) is 5.10. The number of hydrogen-bond acceptors (Lipinski definition) is 8. The molecule has 0 saturated carbocycles. The van der Waals surface area contributed by atoms with E-state index >= 15 is 0 Å². The van der Waals surface area contributed by atoms with Crippen molar-refractivity contribution in [3.8, 4) is 17.6 Å². The zero-order chi connectivity index (χ0) is 34.9. The first kappa shape index (κ1) is 34.2. The van der Waals surface area contributed by atoms with Gasteiger partial charge in [-0.1, -0.05) is 23.7 Å². The molecule has 2 saturated heterocycles. The lowest BCUT2D eigenvalue weighted by atomic mass is 10.1. The van der Waals surface area contributed by atoms with Crippen LogP contribution in [0.25, 0.3) is 10.9 Å². The van der Waals surface area contributed by atoms with Gasteiger partial charge in [0.1, 0.15) is 34.6 Å². The molecule has 13 heteroatoms. The first-order chi connectivity index (χ1) is 23.5. The van der Waals surface area contributed by atoms with E-state index in [9.17, 15) is 18.0 Å². The standard InChI is InChI=1S/C36H36ClN5O6S/c1-23-20-24(2)39-33-27(23)6-4-8-31(33)48-22-28-29(37)13-14-32(34(28)47-3)49(45,46)42-15-5-7-30(42)36(44)41-18-16-40(17-19-41)35(43)26-11-9-25(21-38)10-12-26/h4,6,8-14,20,30H,5,7,15-19,22H2,1-3H3. The first-order valence-corrected chi connectivity index (χ1v) is 17.8. The summed E-state index contributed by atoms with van der Waals surface area (Å²) in [6.07, 6.45) is 0.896. The summed E-state index contributed by atoms with van der Waals surface area (Å²) >= 11 is 6.61. The van der Waals surface area contributed by atoms with Gasteiger partial charge < -0.3 is 19.3 Å². The molecule has 1 atom stereocenters. The van der Waals surface area contributed by atoms with E-state index in [-0.39, 0.29) is 53.7 Å². The van der Waals surface area contributed by atoms with Gasteiger partial charge in [0.2, 0.25) is 15.9 Å². The Kier molecular flexibility index (Phi) is 9.79. The summed E-state index contributed by atoms with van der Waals surface area (Å²) < 4.78 is 41.6. The van der Waals surface area contributed by atoms with Crippen molar-refractivity contribution >= 4 is 44.3 Å². The lowest BCUT2D eigenvalue weighted by Crippen LogP contribution is -2.55. The van der Waals surface area contributed by atoms with E-state index in [2.05, 4.69) is 4.98 Å². The number of carbonyl (C=O) groups is 2. The lowest BCUT2D eigenvalue weighted by Gasteiger charge is -2.37. The fraction of sp³-hybridized carbons (Fsp3) is 0.333. The minimum atomic E-state index is -4.20. The Bertz CT molecular complexity index is 2070. The zero-order valence-electron chi connectivity index (χ0n) is 27.5. The van der Waals surface area contributed by atoms with Gasteiger partial charge in [0.25, 0.3) is 5.91 Å². The Morgan fingerprint density at radius 3 is 2.41 bits per heavy atom. The smallest absolute Gasteiger partial charge is 0.253 e. The highest BCUT2D eigenvalue weighted by Gasteiger charge is 2.43. The molecule has 49 heavy (non-hydrogen) atoms. The van der Waals surface area contributed by atoms with Gasteiger partial charge >= 0.3 is 0 Å². The van der Waals surface area contributed by atoms with Crippen molar-refractivity contribution in [2.75, 3.05) is 39.8 Å². The normalized spacial score (nSPS) is 16.8. The number of ether oxygens (including phenoxy) is 2. The number of pyridine rings is 1. The number of fused-ring (bicyclic) bond motifs is 1. The summed E-state index contributed by atoms with van der Waals surface area (Å²) in [5.74, 6) is 0.107. The summed E-state index contributed by atoms with van der Waals surface area (Å²) in [5, 5.41) is 10.3. The summed E-state index contributed by atoms with van der Waals surface area (Å²) in [6.45, 7) is 5.19. The number of hydrogen-bond donors (Lipinski definition) is 0. The van der Waals surface area contributed by atoms with Crippen LogP contribution in [0, 0.1) is 25.2 Å². The fourth-order valence-corrected chi connectivity index (χ4v) is 8.61. The topological polar surface area (TPSA) is 133 Å². The lowest BCUT2D eigenvalue weighted by molar-refractivity contribution is -0.136. The van der Waals surface area contributed by atoms with Crippen LogP contribution in [-0.2, 0) is 21.4 Å². The number of benzene rings is 3. The van der Waals surface area contributed by atoms with E-state index in [0.717, 1.165) is 16.6 Å². The van der Waals surface area contributed by atoms with Gasteiger partial charge in [-0.2, -0.15) is 9.57 Å². The minimum absolute atomic E-state index is 0.0566. The molecule has 1 unspecified atom stereocenters. The number of amides is 2. The van der Waals surface area contributed by atoms with Crippen LogP contribution in [0.15, 0.2) is 65.6 Å². The molecule has 0 N–H and O–H groups in total. The van der Waals surface area contributed by atoms with Crippen LogP contribution < -0.4 is 9.47 Å². The number of halogens is 1. The third kappa shape index (κ3) is 6.66. The molecule has 1 aromatic heterocycles. The van der Waals surface area contributed by atoms with Crippen molar-refractivity contribution in [1.82, 2.24) is 19.1 Å². The Balaban J connectivity index is 1.19. The maximum Gasteiger partial charge on any atom is 0.253 e. The van der Waals surface area contributed by atoms with Crippen LogP contribution in [0.4, 0.5) is 0 Å². The van der Waals surface area contributed by atoms with Crippen molar-refractivity contribution in [2.24, 2.45) is 0 Å². The third-order valence-electron chi connectivity index (χ3n) is 9.10. The second-order valence-electron chi connectivity index (χ2n) is 12.2. The predicted molar refractivity (Wildman–Crippen MR) is 184 cm³/mol. The number of sulfonamides is 1. The number of carbonyl (C=O) groups excluding carboxylic acids is 2. The quantitative estimate of drug-likeness (QED) is 0.248. The summed E-state index contributed by atoms with van der Waals surface area (Å²) in [5.41, 5.74) is 3.89. The van der Waals surface area contributed by atoms with E-state index in [1.54, 1.807) is 40.1 Å². The van der Waals surface area contributed by atoms with Crippen LogP contribution in [0.5, 0.6) is 11.5 Å². The Labute approximate surface area is 290 Å². The molecule has 3 heterocycles. The highest BCUT2D eigenvalue weighted by atomic mass is 35.5. The average molecular weight is 702 g/mol. The highest BCUT2D eigenvalue weighted by molar-refractivity contribution is 7.89. The highest BCUT2D eigenvalue weighted by Crippen LogP contribution is 2.38. The van der Waals surface area contributed by atoms with Crippen LogP contribution in [0.1, 0.15) is 45.6 Å². The monoisotopic (exact) mass is 701 g/mol. The van der Waals surface area contributed by atoms with Crippen molar-refractivity contribution in [3.05, 3.63) is 93.6 Å². The molecule has 11 nitrogen and oxygen atoms in total. The van der Waals surface area contributed by atoms with Crippen LogP contribution in [-0.4, -0.2) is 85.2 Å². The molecule has 0 radical (unpaired) electrons. The number of nitriles is 1. The summed E-state index contributed by atoms with van der Waals surface area (Å²) in [4.78, 5) is 34.7. The van der Waals surface area contributed by atoms with Crippen molar-refractivity contribution in [1.29, 1.82) is 5.26 Å². The van der Waals surface area contributed by atoms with Crippen LogP contribution >= 0.6 is 11.6 Å². The first-order valence-electron chi connectivity index (χ1n) is 16.0. The van der Waals surface area contributed by atoms with Gasteiger partial charge in [0.15, 0.2) is 0 Å². The molecule has 254 valence electrons. The summed E-state index contributed by atoms with van der Waals surface area (Å²) in [6, 6.07) is 18.1. The second kappa shape index (κ2) is 14.0. The fourth-order valence-electron chi connectivity index (χ4n) is 6.58. The van der Waals surface area contributed by atoms with Crippen molar-refractivity contribution in [3.63, 3.8) is 0 Å². The Morgan fingerprint density at radius 2 is 1.71 bits per heavy atom. The summed E-state index contributed by atoms with van der Waals surface area (Å²) in [7, 11) is -2.82. The SMILES string of the molecule is COc1c(S(=O)(=O)N2CCCC2C(=O)N2CCN(C(=O)c3ccc(C#N)cc3)CC2)ccc(Cl)c1COc1cccc2c(C)cc(C)nc12. The number of methoxy groups -OCH3 is 1. The third-order valence-corrected chi connectivity index (χ3v) is 11.4. The van der Waals surface area contributed by atoms with Crippen LogP contribution in [0.3, 0.4) is 0 Å². The van der Waals surface area contributed by atoms with Gasteiger partial charge in [-0.05, 0) is 80.8 Å². The van der Waals surface area contributed by atoms with Gasteiger partial charge in [0.05, 0.1) is 29.3 Å². The maximum absolute atomic E-state index is 14.3. The molecular formula is C36H36ClN5O6S. The Hall–Kier alpha value is -4.70. The van der Waals surface area contributed by atoms with Crippen molar-refractivity contribution < 1.29 is 27.5 Å². The number of aryl methyl sites for hydroxylation is 2. The number of rotatable bonds is 8. The molecular weight excluding hydrogens is 666 g/mol. The average Bonchev–Trinajstić information content (AvgIpc) is 3.62. The molecule has 0 spiro atoms. The molecule has 6 rings (SSSR count). The molecule has 0 bridgehead atoms. The van der Waals surface area contributed by atoms with E-state index in [1.807, 2.05) is 38.1 Å². The number of piperazine rings is 1. The van der Waals surface area contributed by atoms with E-state index < -0.39 is 16.1 Å². The second-order valence-corrected chi connectivity index (χ2v) is 14.4. The van der Waals surface area contributed by atoms with Gasteiger partial charge in [-0.15, -0.1) is 0 Å². The zero-order valence-corrected chi connectivity index (χ0v) is 29.1. The molecule has 0 aliphatic carbocycles. The Morgan fingerprint density at radius 1 is 1.00 bits per heavy atom. The van der Waals surface area contributed by atoms with Gasteiger partial charge in [0, 0.05) is 49.4 Å². The van der Waals surface area contributed by atoms with Gasteiger partial charge in [-0.3, -0.25) is 9.59 Å². The number of nitrogens with zero attached hydrogens (tertiary/aromatic N) is 5. The van der Waals surface area contributed by atoms with Crippen LogP contribution in [0.2, 0.25) is 5.02 Å². The minimum Gasteiger partial charge on any atom is -0.495 e. The maximum atomic E-state index is 14.3. The number of para-hydroxylation sites is 1.